The molecule has 0 amide bonds. The van der Waals surface area contributed by atoms with Gasteiger partial charge in [-0.2, -0.15) is 16.4 Å². The van der Waals surface area contributed by atoms with Crippen LogP contribution in [0.25, 0.3) is 16.9 Å². The normalized spacial score (nSPS) is 11.3. The van der Waals surface area contributed by atoms with Crippen LogP contribution in [0.15, 0.2) is 35.3 Å². The van der Waals surface area contributed by atoms with E-state index in [2.05, 4.69) is 32.6 Å². The molecule has 16 heavy (non-hydrogen) atoms. The number of halogens is 1. The number of thiophene rings is 1. The molecule has 0 aliphatic carbocycles. The van der Waals surface area contributed by atoms with Gasteiger partial charge in [-0.3, -0.25) is 0 Å². The number of imidazole rings is 1. The summed E-state index contributed by atoms with van der Waals surface area (Å²) in [6.45, 7) is 0.812. The van der Waals surface area contributed by atoms with Gasteiger partial charge >= 0.3 is 0 Å². The SMILES string of the molecule is ClCCn1ccn2nc(-c3ccsc3)cc12. The number of aryl methyl sites for hydroxylation is 1. The van der Waals surface area contributed by atoms with E-state index in [1.165, 1.54) is 5.56 Å². The Balaban J connectivity index is 2.09. The minimum Gasteiger partial charge on any atom is -0.330 e. The van der Waals surface area contributed by atoms with E-state index in [0.717, 1.165) is 17.9 Å². The third-order valence-corrected chi connectivity index (χ3v) is 3.39. The summed E-state index contributed by atoms with van der Waals surface area (Å²) in [7, 11) is 0. The third kappa shape index (κ3) is 1.54. The highest BCUT2D eigenvalue weighted by Crippen LogP contribution is 2.22. The highest BCUT2D eigenvalue weighted by Gasteiger charge is 2.07. The molecule has 0 aliphatic heterocycles. The van der Waals surface area contributed by atoms with E-state index < -0.39 is 0 Å². The standard InChI is InChI=1S/C11H10ClN3S/c12-2-3-14-4-5-15-11(14)7-10(13-15)9-1-6-16-8-9/h1,4-8H,2-3H2. The number of fused-ring (bicyclic) bond motifs is 1. The van der Waals surface area contributed by atoms with Gasteiger partial charge in [0.2, 0.25) is 0 Å². The van der Waals surface area contributed by atoms with Crippen molar-refractivity contribution in [1.29, 1.82) is 0 Å². The summed E-state index contributed by atoms with van der Waals surface area (Å²) in [6, 6.07) is 4.17. The molecule has 0 aliphatic rings. The Kier molecular flexibility index (Phi) is 2.46. The van der Waals surface area contributed by atoms with Crippen LogP contribution in [0.1, 0.15) is 0 Å². The molecular formula is C11H10ClN3S. The zero-order chi connectivity index (χ0) is 11.0. The molecule has 3 rings (SSSR count). The molecular weight excluding hydrogens is 242 g/mol. The molecule has 0 saturated heterocycles. The van der Waals surface area contributed by atoms with E-state index in [4.69, 9.17) is 11.6 Å². The molecule has 0 spiro atoms. The lowest BCUT2D eigenvalue weighted by Crippen LogP contribution is -1.96. The molecule has 3 heterocycles. The maximum absolute atomic E-state index is 5.75. The first-order valence-corrected chi connectivity index (χ1v) is 6.49. The lowest BCUT2D eigenvalue weighted by Gasteiger charge is -1.96. The molecule has 0 unspecified atom stereocenters. The lowest BCUT2D eigenvalue weighted by molar-refractivity contribution is 0.794. The zero-order valence-corrected chi connectivity index (χ0v) is 10.1. The molecule has 3 aromatic rings. The van der Waals surface area contributed by atoms with Gasteiger partial charge in [-0.05, 0) is 11.4 Å². The molecule has 0 fully saturated rings. The number of rotatable bonds is 3. The number of hydrogen-bond donors (Lipinski definition) is 0. The van der Waals surface area contributed by atoms with Gasteiger partial charge < -0.3 is 4.57 Å². The minimum atomic E-state index is 0.614. The van der Waals surface area contributed by atoms with Crippen molar-refractivity contribution in [3.63, 3.8) is 0 Å². The second-order valence-corrected chi connectivity index (χ2v) is 4.68. The predicted octanol–water partition coefficient (Wildman–Crippen LogP) is 3.10. The predicted molar refractivity (Wildman–Crippen MR) is 67.2 cm³/mol. The first-order chi connectivity index (χ1) is 7.88. The highest BCUT2D eigenvalue weighted by molar-refractivity contribution is 7.08. The van der Waals surface area contributed by atoms with Gasteiger partial charge in [0.1, 0.15) is 5.65 Å². The molecule has 0 aromatic carbocycles. The first-order valence-electron chi connectivity index (χ1n) is 5.01. The molecule has 3 nitrogen and oxygen atoms in total. The summed E-state index contributed by atoms with van der Waals surface area (Å²) in [5, 5.41) is 8.68. The highest BCUT2D eigenvalue weighted by atomic mass is 35.5. The quantitative estimate of drug-likeness (QED) is 0.656. The fourth-order valence-corrected chi connectivity index (χ4v) is 2.59. The minimum absolute atomic E-state index is 0.614. The molecule has 0 saturated carbocycles. The van der Waals surface area contributed by atoms with Crippen molar-refractivity contribution in [3.05, 3.63) is 35.3 Å². The molecule has 5 heteroatoms. The fraction of sp³-hybridized carbons (Fsp3) is 0.182. The van der Waals surface area contributed by atoms with E-state index in [-0.39, 0.29) is 0 Å². The van der Waals surface area contributed by atoms with Gasteiger partial charge in [0.25, 0.3) is 0 Å². The van der Waals surface area contributed by atoms with Crippen LogP contribution in [0.4, 0.5) is 0 Å². The molecule has 82 valence electrons. The smallest absolute Gasteiger partial charge is 0.136 e. The average molecular weight is 252 g/mol. The molecule has 0 radical (unpaired) electrons. The zero-order valence-electron chi connectivity index (χ0n) is 8.51. The summed E-state index contributed by atoms with van der Waals surface area (Å²) >= 11 is 7.44. The van der Waals surface area contributed by atoms with Crippen LogP contribution in [0.3, 0.4) is 0 Å². The van der Waals surface area contributed by atoms with Gasteiger partial charge in [0.15, 0.2) is 0 Å². The van der Waals surface area contributed by atoms with Gasteiger partial charge in [0.05, 0.1) is 5.69 Å². The maximum atomic E-state index is 5.75. The first kappa shape index (κ1) is 9.93. The van der Waals surface area contributed by atoms with Crippen LogP contribution in [-0.2, 0) is 6.54 Å². The van der Waals surface area contributed by atoms with Crippen LogP contribution >= 0.6 is 22.9 Å². The van der Waals surface area contributed by atoms with E-state index >= 15 is 0 Å². The van der Waals surface area contributed by atoms with Crippen molar-refractivity contribution in [2.45, 2.75) is 6.54 Å². The van der Waals surface area contributed by atoms with Gasteiger partial charge in [-0.25, -0.2) is 4.52 Å². The second kappa shape index (κ2) is 3.96. The summed E-state index contributed by atoms with van der Waals surface area (Å²) in [5.74, 6) is 0.614. The van der Waals surface area contributed by atoms with Crippen molar-refractivity contribution >= 4 is 28.6 Å². The Bertz CT molecular complexity index is 594. The van der Waals surface area contributed by atoms with Crippen LogP contribution in [0, 0.1) is 0 Å². The van der Waals surface area contributed by atoms with Crippen LogP contribution < -0.4 is 0 Å². The molecule has 0 atom stereocenters. The van der Waals surface area contributed by atoms with Crippen molar-refractivity contribution in [2.75, 3.05) is 5.88 Å². The van der Waals surface area contributed by atoms with Crippen molar-refractivity contribution < 1.29 is 0 Å². The van der Waals surface area contributed by atoms with E-state index in [1.807, 2.05) is 16.9 Å². The number of nitrogens with zero attached hydrogens (tertiary/aromatic N) is 3. The summed E-state index contributed by atoms with van der Waals surface area (Å²) in [5.41, 5.74) is 3.27. The van der Waals surface area contributed by atoms with Gasteiger partial charge in [0, 0.05) is 41.8 Å². The monoisotopic (exact) mass is 251 g/mol. The fourth-order valence-electron chi connectivity index (χ4n) is 1.76. The van der Waals surface area contributed by atoms with Gasteiger partial charge in [-0.15, -0.1) is 11.6 Å². The Morgan fingerprint density at radius 3 is 3.06 bits per heavy atom. The van der Waals surface area contributed by atoms with Crippen LogP contribution in [0.2, 0.25) is 0 Å². The van der Waals surface area contributed by atoms with Crippen LogP contribution in [-0.4, -0.2) is 20.1 Å². The number of alkyl halides is 1. The third-order valence-electron chi connectivity index (χ3n) is 2.54. The molecule has 0 bridgehead atoms. The van der Waals surface area contributed by atoms with Crippen LogP contribution in [0.5, 0.6) is 0 Å². The topological polar surface area (TPSA) is 22.2 Å². The largest absolute Gasteiger partial charge is 0.330 e. The van der Waals surface area contributed by atoms with Gasteiger partial charge in [-0.1, -0.05) is 0 Å². The second-order valence-electron chi connectivity index (χ2n) is 3.52. The van der Waals surface area contributed by atoms with E-state index in [0.29, 0.717) is 5.88 Å². The summed E-state index contributed by atoms with van der Waals surface area (Å²) < 4.78 is 4.00. The Morgan fingerprint density at radius 1 is 1.38 bits per heavy atom. The Hall–Kier alpha value is -1.26. The molecule has 0 N–H and O–H groups in total. The van der Waals surface area contributed by atoms with E-state index in [9.17, 15) is 0 Å². The Labute approximate surface area is 102 Å². The van der Waals surface area contributed by atoms with Crippen molar-refractivity contribution in [3.8, 4) is 11.3 Å². The Morgan fingerprint density at radius 2 is 2.31 bits per heavy atom. The summed E-state index contributed by atoms with van der Waals surface area (Å²) in [4.78, 5) is 0. The average Bonchev–Trinajstić information content (AvgIpc) is 2.93. The van der Waals surface area contributed by atoms with E-state index in [1.54, 1.807) is 11.3 Å². The summed E-state index contributed by atoms with van der Waals surface area (Å²) in [6.07, 6.45) is 3.96. The number of aromatic nitrogens is 3. The molecule has 3 aromatic heterocycles. The van der Waals surface area contributed by atoms with Crippen molar-refractivity contribution in [1.82, 2.24) is 14.2 Å². The lowest BCUT2D eigenvalue weighted by atomic mass is 10.2. The number of hydrogen-bond acceptors (Lipinski definition) is 2. The maximum Gasteiger partial charge on any atom is 0.136 e. The van der Waals surface area contributed by atoms with Crippen molar-refractivity contribution in [2.24, 2.45) is 0 Å².